The van der Waals surface area contributed by atoms with Gasteiger partial charge in [-0.25, -0.2) is 0 Å². The molecule has 2 aromatic rings. The molecule has 0 amide bonds. The maximum atomic E-state index is 5.99. The third kappa shape index (κ3) is 3.58. The molecular weight excluding hydrogens is 302 g/mol. The molecule has 0 atom stereocenters. The summed E-state index contributed by atoms with van der Waals surface area (Å²) in [6.07, 6.45) is 0. The summed E-state index contributed by atoms with van der Waals surface area (Å²) in [6.45, 7) is 4.84. The second-order valence-corrected chi connectivity index (χ2v) is 5.71. The zero-order valence-corrected chi connectivity index (χ0v) is 12.8. The van der Waals surface area contributed by atoms with Crippen LogP contribution in [0.15, 0.2) is 46.9 Å². The van der Waals surface area contributed by atoms with Crippen molar-refractivity contribution < 1.29 is 4.74 Å². The Balaban J connectivity index is 2.32. The van der Waals surface area contributed by atoms with E-state index in [0.717, 1.165) is 21.5 Å². The van der Waals surface area contributed by atoms with Crippen LogP contribution in [0.25, 0.3) is 0 Å². The van der Waals surface area contributed by atoms with Gasteiger partial charge in [-0.2, -0.15) is 0 Å². The average molecular weight is 320 g/mol. The lowest BCUT2D eigenvalue weighted by atomic mass is 10.0. The van der Waals surface area contributed by atoms with Crippen LogP contribution in [0.4, 0.5) is 0 Å². The van der Waals surface area contributed by atoms with Gasteiger partial charge in [-0.15, -0.1) is 0 Å². The Morgan fingerprint density at radius 2 is 1.95 bits per heavy atom. The molecule has 0 radical (unpaired) electrons. The Bertz CT molecular complexity index is 566. The van der Waals surface area contributed by atoms with Crippen LogP contribution in [-0.4, -0.2) is 0 Å². The number of benzene rings is 2. The van der Waals surface area contributed by atoms with Crippen molar-refractivity contribution in [1.82, 2.24) is 0 Å². The predicted octanol–water partition coefficient (Wildman–Crippen LogP) is 4.82. The number of hydrogen-bond acceptors (Lipinski definition) is 2. The monoisotopic (exact) mass is 319 g/mol. The molecule has 0 fully saturated rings. The minimum atomic E-state index is 0.408. The van der Waals surface area contributed by atoms with Gasteiger partial charge in [0.25, 0.3) is 0 Å². The van der Waals surface area contributed by atoms with E-state index in [9.17, 15) is 0 Å². The van der Waals surface area contributed by atoms with Gasteiger partial charge in [-0.05, 0) is 47.4 Å². The fourth-order valence-corrected chi connectivity index (χ4v) is 2.31. The second-order valence-electron chi connectivity index (χ2n) is 4.79. The quantitative estimate of drug-likeness (QED) is 0.876. The third-order valence-corrected chi connectivity index (χ3v) is 3.45. The van der Waals surface area contributed by atoms with Gasteiger partial charge in [0.1, 0.15) is 11.5 Å². The zero-order valence-electron chi connectivity index (χ0n) is 11.2. The first-order valence-corrected chi connectivity index (χ1v) is 7.15. The maximum absolute atomic E-state index is 5.99. The van der Waals surface area contributed by atoms with Crippen LogP contribution >= 0.6 is 15.9 Å². The molecule has 19 heavy (non-hydrogen) atoms. The molecule has 0 unspecified atom stereocenters. The third-order valence-electron chi connectivity index (χ3n) is 2.96. The van der Waals surface area contributed by atoms with Gasteiger partial charge >= 0.3 is 0 Å². The van der Waals surface area contributed by atoms with Crippen molar-refractivity contribution in [3.8, 4) is 11.5 Å². The first-order chi connectivity index (χ1) is 9.10. The van der Waals surface area contributed by atoms with Crippen molar-refractivity contribution in [2.24, 2.45) is 5.73 Å². The number of nitrogens with two attached hydrogens (primary N) is 1. The molecule has 2 aromatic carbocycles. The molecule has 0 saturated carbocycles. The van der Waals surface area contributed by atoms with Gasteiger partial charge in [0.2, 0.25) is 0 Å². The lowest BCUT2D eigenvalue weighted by molar-refractivity contribution is 0.472. The molecule has 0 bridgehead atoms. The largest absolute Gasteiger partial charge is 0.457 e. The Kier molecular flexibility index (Phi) is 4.61. The van der Waals surface area contributed by atoms with Crippen molar-refractivity contribution in [2.75, 3.05) is 0 Å². The summed E-state index contributed by atoms with van der Waals surface area (Å²) in [7, 11) is 0. The molecule has 2 nitrogen and oxygen atoms in total. The van der Waals surface area contributed by atoms with Crippen LogP contribution in [-0.2, 0) is 6.54 Å². The summed E-state index contributed by atoms with van der Waals surface area (Å²) in [4.78, 5) is 0. The van der Waals surface area contributed by atoms with Crippen molar-refractivity contribution >= 4 is 15.9 Å². The highest BCUT2D eigenvalue weighted by molar-refractivity contribution is 9.10. The molecule has 3 heteroatoms. The van der Waals surface area contributed by atoms with Crippen molar-refractivity contribution in [3.63, 3.8) is 0 Å². The summed E-state index contributed by atoms with van der Waals surface area (Å²) in [5.74, 6) is 2.13. The number of halogens is 1. The summed E-state index contributed by atoms with van der Waals surface area (Å²) in [5, 5.41) is 0. The minimum absolute atomic E-state index is 0.408. The molecule has 0 aliphatic heterocycles. The Labute approximate surface area is 122 Å². The van der Waals surface area contributed by atoms with Gasteiger partial charge in [0.05, 0.1) is 0 Å². The van der Waals surface area contributed by atoms with Crippen molar-refractivity contribution in [2.45, 2.75) is 26.3 Å². The molecule has 0 aliphatic rings. The molecular formula is C16H18BrNO. The molecule has 2 N–H and O–H groups in total. The van der Waals surface area contributed by atoms with E-state index in [1.807, 2.05) is 36.4 Å². The van der Waals surface area contributed by atoms with E-state index in [1.165, 1.54) is 5.56 Å². The van der Waals surface area contributed by atoms with Gasteiger partial charge in [0, 0.05) is 11.0 Å². The lowest BCUT2D eigenvalue weighted by Crippen LogP contribution is -1.97. The topological polar surface area (TPSA) is 35.2 Å². The molecule has 0 aromatic heterocycles. The SMILES string of the molecule is CC(C)c1cc(Br)ccc1Oc1cccc(CN)c1. The van der Waals surface area contributed by atoms with Gasteiger partial charge in [0.15, 0.2) is 0 Å². The molecule has 0 aliphatic carbocycles. The van der Waals surface area contributed by atoms with Gasteiger partial charge in [-0.1, -0.05) is 41.9 Å². The van der Waals surface area contributed by atoms with Crippen LogP contribution < -0.4 is 10.5 Å². The number of hydrogen-bond donors (Lipinski definition) is 1. The summed E-state index contributed by atoms with van der Waals surface area (Å²) in [5.41, 5.74) is 7.91. The van der Waals surface area contributed by atoms with E-state index >= 15 is 0 Å². The Morgan fingerprint density at radius 3 is 2.63 bits per heavy atom. The normalized spacial score (nSPS) is 10.8. The van der Waals surface area contributed by atoms with E-state index < -0.39 is 0 Å². The highest BCUT2D eigenvalue weighted by Gasteiger charge is 2.09. The maximum Gasteiger partial charge on any atom is 0.130 e. The number of ether oxygens (including phenoxy) is 1. The van der Waals surface area contributed by atoms with Crippen molar-refractivity contribution in [1.29, 1.82) is 0 Å². The van der Waals surface area contributed by atoms with E-state index in [2.05, 4.69) is 35.8 Å². The fraction of sp³-hybridized carbons (Fsp3) is 0.250. The molecule has 0 saturated heterocycles. The van der Waals surface area contributed by atoms with E-state index in [1.54, 1.807) is 0 Å². The van der Waals surface area contributed by atoms with Crippen LogP contribution in [0.2, 0.25) is 0 Å². The van der Waals surface area contributed by atoms with Crippen molar-refractivity contribution in [3.05, 3.63) is 58.1 Å². The van der Waals surface area contributed by atoms with Crippen LogP contribution in [0.5, 0.6) is 11.5 Å². The van der Waals surface area contributed by atoms with Gasteiger partial charge in [-0.3, -0.25) is 0 Å². The van der Waals surface area contributed by atoms with E-state index in [0.29, 0.717) is 12.5 Å². The van der Waals surface area contributed by atoms with Crippen LogP contribution in [0, 0.1) is 0 Å². The Hall–Kier alpha value is -1.32. The average Bonchev–Trinajstić information content (AvgIpc) is 2.41. The lowest BCUT2D eigenvalue weighted by Gasteiger charge is -2.14. The first kappa shape index (κ1) is 14.1. The summed E-state index contributed by atoms with van der Waals surface area (Å²) < 4.78 is 7.06. The van der Waals surface area contributed by atoms with E-state index in [4.69, 9.17) is 10.5 Å². The van der Waals surface area contributed by atoms with Crippen LogP contribution in [0.1, 0.15) is 30.9 Å². The first-order valence-electron chi connectivity index (χ1n) is 6.36. The minimum Gasteiger partial charge on any atom is -0.457 e. The molecule has 100 valence electrons. The van der Waals surface area contributed by atoms with Gasteiger partial charge < -0.3 is 10.5 Å². The highest BCUT2D eigenvalue weighted by atomic mass is 79.9. The zero-order chi connectivity index (χ0) is 13.8. The molecule has 2 rings (SSSR count). The van der Waals surface area contributed by atoms with E-state index in [-0.39, 0.29) is 0 Å². The Morgan fingerprint density at radius 1 is 1.16 bits per heavy atom. The smallest absolute Gasteiger partial charge is 0.130 e. The number of rotatable bonds is 4. The standard InChI is InChI=1S/C16H18BrNO/c1-11(2)15-9-13(17)6-7-16(15)19-14-5-3-4-12(8-14)10-18/h3-9,11H,10,18H2,1-2H3. The summed E-state index contributed by atoms with van der Waals surface area (Å²) >= 11 is 3.50. The highest BCUT2D eigenvalue weighted by Crippen LogP contribution is 2.33. The predicted molar refractivity (Wildman–Crippen MR) is 82.6 cm³/mol. The fourth-order valence-electron chi connectivity index (χ4n) is 1.93. The molecule has 0 spiro atoms. The van der Waals surface area contributed by atoms with Crippen LogP contribution in [0.3, 0.4) is 0 Å². The molecule has 0 heterocycles. The summed E-state index contributed by atoms with van der Waals surface area (Å²) in [6, 6.07) is 14.0. The second kappa shape index (κ2) is 6.22.